The smallest absolute Gasteiger partial charge is 0.320 e. The Bertz CT molecular complexity index is 1070. The second kappa shape index (κ2) is 9.62. The molecule has 2 amide bonds. The minimum Gasteiger partial charge on any atom is -0.379 e. The van der Waals surface area contributed by atoms with Crippen molar-refractivity contribution >= 4 is 22.9 Å². The lowest BCUT2D eigenvalue weighted by Gasteiger charge is -2.26. The van der Waals surface area contributed by atoms with Crippen LogP contribution in [0.1, 0.15) is 27.2 Å². The molecule has 0 unspecified atom stereocenters. The number of urea groups is 1. The molecule has 9 heteroatoms. The number of nitrogens with zero attached hydrogens (tertiary/aromatic N) is 5. The molecule has 1 aliphatic rings. The van der Waals surface area contributed by atoms with Crippen molar-refractivity contribution in [2.45, 2.75) is 39.3 Å². The molecule has 3 aromatic heterocycles. The summed E-state index contributed by atoms with van der Waals surface area (Å²) >= 11 is 0. The molecule has 1 saturated heterocycles. The first kappa shape index (κ1) is 22.2. The van der Waals surface area contributed by atoms with Gasteiger partial charge in [0.2, 0.25) is 0 Å². The van der Waals surface area contributed by atoms with E-state index in [4.69, 9.17) is 4.74 Å². The summed E-state index contributed by atoms with van der Waals surface area (Å²) in [6, 6.07) is 5.30. The number of carbonyl (C=O) groups is 1. The van der Waals surface area contributed by atoms with Gasteiger partial charge in [0.05, 0.1) is 30.4 Å². The maximum absolute atomic E-state index is 12.1. The van der Waals surface area contributed by atoms with Gasteiger partial charge >= 0.3 is 6.03 Å². The summed E-state index contributed by atoms with van der Waals surface area (Å²) < 4.78 is 7.37. The molecule has 0 aliphatic carbocycles. The number of hydrogen-bond acceptors (Lipinski definition) is 6. The second-order valence-corrected chi connectivity index (χ2v) is 9.09. The number of hydrogen-bond donors (Lipinski definition) is 2. The quantitative estimate of drug-likeness (QED) is 0.615. The van der Waals surface area contributed by atoms with E-state index in [1.54, 1.807) is 6.07 Å². The normalized spacial score (nSPS) is 15.1. The number of aromatic nitrogens is 4. The van der Waals surface area contributed by atoms with Crippen LogP contribution in [0, 0.1) is 0 Å². The number of pyridine rings is 2. The Morgan fingerprint density at radius 2 is 1.91 bits per heavy atom. The van der Waals surface area contributed by atoms with E-state index in [0.717, 1.165) is 68.0 Å². The van der Waals surface area contributed by atoms with Crippen molar-refractivity contribution in [1.29, 1.82) is 0 Å². The molecule has 0 bridgehead atoms. The zero-order chi connectivity index (χ0) is 22.6. The summed E-state index contributed by atoms with van der Waals surface area (Å²) in [4.78, 5) is 23.7. The van der Waals surface area contributed by atoms with Gasteiger partial charge in [0.1, 0.15) is 5.82 Å². The molecule has 170 valence electrons. The van der Waals surface area contributed by atoms with E-state index in [1.807, 2.05) is 56.2 Å². The standard InChI is InChI=1S/C23H31N7O2/c1-23(2,3)28-22(31)27-21-6-5-19-20(26-21)13-17(14-24-19)18-15-25-30(16-18)8-4-7-29-9-11-32-12-10-29/h5-6,13-16H,4,7-12H2,1-3H3,(H2,26,27,28,31). The molecule has 0 atom stereocenters. The number of rotatable bonds is 6. The van der Waals surface area contributed by atoms with E-state index in [0.29, 0.717) is 5.82 Å². The van der Waals surface area contributed by atoms with E-state index >= 15 is 0 Å². The lowest BCUT2D eigenvalue weighted by molar-refractivity contribution is 0.0368. The number of amides is 2. The zero-order valence-electron chi connectivity index (χ0n) is 19.0. The van der Waals surface area contributed by atoms with Gasteiger partial charge in [0.15, 0.2) is 0 Å². The Labute approximate surface area is 188 Å². The first-order valence-corrected chi connectivity index (χ1v) is 11.0. The molecule has 2 N–H and O–H groups in total. The fraction of sp³-hybridized carbons (Fsp3) is 0.478. The van der Waals surface area contributed by atoms with Gasteiger partial charge in [-0.2, -0.15) is 5.10 Å². The number of fused-ring (bicyclic) bond motifs is 1. The Balaban J connectivity index is 1.41. The third kappa shape index (κ3) is 6.02. The topological polar surface area (TPSA) is 97.2 Å². The summed E-state index contributed by atoms with van der Waals surface area (Å²) in [6.07, 6.45) is 6.78. The molecule has 9 nitrogen and oxygen atoms in total. The Kier molecular flexibility index (Phi) is 6.66. The lowest BCUT2D eigenvalue weighted by Crippen LogP contribution is -2.43. The van der Waals surface area contributed by atoms with Crippen LogP contribution in [0.3, 0.4) is 0 Å². The zero-order valence-corrected chi connectivity index (χ0v) is 19.0. The fourth-order valence-electron chi connectivity index (χ4n) is 3.64. The van der Waals surface area contributed by atoms with Gasteiger partial charge in [-0.25, -0.2) is 9.78 Å². The van der Waals surface area contributed by atoms with Gasteiger partial charge < -0.3 is 10.1 Å². The van der Waals surface area contributed by atoms with E-state index < -0.39 is 0 Å². The van der Waals surface area contributed by atoms with Crippen LogP contribution in [0.15, 0.2) is 36.8 Å². The van der Waals surface area contributed by atoms with E-state index in [9.17, 15) is 4.79 Å². The molecule has 0 aromatic carbocycles. The number of anilines is 1. The molecule has 32 heavy (non-hydrogen) atoms. The summed E-state index contributed by atoms with van der Waals surface area (Å²) in [6.45, 7) is 11.4. The summed E-state index contributed by atoms with van der Waals surface area (Å²) in [7, 11) is 0. The van der Waals surface area contributed by atoms with Crippen LogP contribution in [0.2, 0.25) is 0 Å². The average molecular weight is 438 g/mol. The average Bonchev–Trinajstić information content (AvgIpc) is 3.21. The molecule has 3 aromatic rings. The molecular weight excluding hydrogens is 406 g/mol. The van der Waals surface area contributed by atoms with Crippen LogP contribution in [0.4, 0.5) is 10.6 Å². The molecule has 1 fully saturated rings. The van der Waals surface area contributed by atoms with Crippen molar-refractivity contribution in [1.82, 2.24) is 30.0 Å². The molecule has 4 rings (SSSR count). The second-order valence-electron chi connectivity index (χ2n) is 9.09. The van der Waals surface area contributed by atoms with Gasteiger partial charge in [-0.15, -0.1) is 0 Å². The van der Waals surface area contributed by atoms with Crippen LogP contribution in [0.25, 0.3) is 22.2 Å². The predicted octanol–water partition coefficient (Wildman–Crippen LogP) is 3.14. The first-order valence-electron chi connectivity index (χ1n) is 11.0. The fourth-order valence-corrected chi connectivity index (χ4v) is 3.64. The van der Waals surface area contributed by atoms with Crippen LogP contribution in [0.5, 0.6) is 0 Å². The molecule has 1 aliphatic heterocycles. The lowest BCUT2D eigenvalue weighted by atomic mass is 10.1. The van der Waals surface area contributed by atoms with E-state index in [1.165, 1.54) is 0 Å². The Morgan fingerprint density at radius 1 is 1.09 bits per heavy atom. The molecule has 0 radical (unpaired) electrons. The third-order valence-corrected chi connectivity index (χ3v) is 5.20. The minimum absolute atomic E-state index is 0.285. The largest absolute Gasteiger partial charge is 0.379 e. The molecule has 0 spiro atoms. The maximum Gasteiger partial charge on any atom is 0.320 e. The highest BCUT2D eigenvalue weighted by Crippen LogP contribution is 2.22. The summed E-state index contributed by atoms with van der Waals surface area (Å²) in [5.41, 5.74) is 3.11. The highest BCUT2D eigenvalue weighted by Gasteiger charge is 2.14. The van der Waals surface area contributed by atoms with E-state index in [2.05, 4.69) is 30.6 Å². The van der Waals surface area contributed by atoms with Crippen LogP contribution in [-0.2, 0) is 11.3 Å². The van der Waals surface area contributed by atoms with Crippen molar-refractivity contribution in [2.75, 3.05) is 38.2 Å². The summed E-state index contributed by atoms with van der Waals surface area (Å²) in [5, 5.41) is 10.2. The van der Waals surface area contributed by atoms with Crippen molar-refractivity contribution in [2.24, 2.45) is 0 Å². The van der Waals surface area contributed by atoms with Gasteiger partial charge in [-0.05, 0) is 45.4 Å². The molecular formula is C23H31N7O2. The highest BCUT2D eigenvalue weighted by molar-refractivity contribution is 5.90. The van der Waals surface area contributed by atoms with Gasteiger partial charge in [-0.1, -0.05) is 0 Å². The van der Waals surface area contributed by atoms with E-state index in [-0.39, 0.29) is 11.6 Å². The first-order chi connectivity index (χ1) is 15.4. The molecule has 4 heterocycles. The number of ether oxygens (including phenoxy) is 1. The molecule has 0 saturated carbocycles. The third-order valence-electron chi connectivity index (χ3n) is 5.20. The highest BCUT2D eigenvalue weighted by atomic mass is 16.5. The minimum atomic E-state index is -0.321. The monoisotopic (exact) mass is 437 g/mol. The maximum atomic E-state index is 12.1. The van der Waals surface area contributed by atoms with Crippen LogP contribution in [-0.4, -0.2) is 69.1 Å². The van der Waals surface area contributed by atoms with Gasteiger partial charge in [-0.3, -0.25) is 19.9 Å². The van der Waals surface area contributed by atoms with Crippen molar-refractivity contribution < 1.29 is 9.53 Å². The van der Waals surface area contributed by atoms with Crippen LogP contribution >= 0.6 is 0 Å². The van der Waals surface area contributed by atoms with Gasteiger partial charge in [0, 0.05) is 55.2 Å². The Hall–Kier alpha value is -3.04. The van der Waals surface area contributed by atoms with Gasteiger partial charge in [0.25, 0.3) is 0 Å². The number of morpholine rings is 1. The number of aryl methyl sites for hydroxylation is 1. The van der Waals surface area contributed by atoms with Crippen LogP contribution < -0.4 is 10.6 Å². The summed E-state index contributed by atoms with van der Waals surface area (Å²) in [5.74, 6) is 0.483. The van der Waals surface area contributed by atoms with Crippen molar-refractivity contribution in [3.63, 3.8) is 0 Å². The number of carbonyl (C=O) groups excluding carboxylic acids is 1. The number of nitrogens with one attached hydrogen (secondary N) is 2. The van der Waals surface area contributed by atoms with Crippen molar-refractivity contribution in [3.8, 4) is 11.1 Å². The van der Waals surface area contributed by atoms with Crippen molar-refractivity contribution in [3.05, 3.63) is 36.8 Å². The SMILES string of the molecule is CC(C)(C)NC(=O)Nc1ccc2ncc(-c3cnn(CCCN4CCOCC4)c3)cc2n1. The Morgan fingerprint density at radius 3 is 2.69 bits per heavy atom. The predicted molar refractivity (Wildman–Crippen MR) is 125 cm³/mol.